The van der Waals surface area contributed by atoms with Crippen LogP contribution in [0.2, 0.25) is 0 Å². The average Bonchev–Trinajstić information content (AvgIpc) is 3.13. The Balaban J connectivity index is 1.54. The Morgan fingerprint density at radius 2 is 1.92 bits per heavy atom. The Morgan fingerprint density at radius 3 is 2.60 bits per heavy atom. The van der Waals surface area contributed by atoms with E-state index in [1.807, 2.05) is 49.1 Å². The van der Waals surface area contributed by atoms with Gasteiger partial charge in [-0.25, -0.2) is 4.79 Å². The Labute approximate surface area is 148 Å². The topological polar surface area (TPSA) is 58.0 Å². The maximum Gasteiger partial charge on any atom is 0.317 e. The van der Waals surface area contributed by atoms with E-state index in [2.05, 4.69) is 16.3 Å². The molecular weight excluding hydrogens is 318 g/mol. The first-order valence-corrected chi connectivity index (χ1v) is 8.69. The summed E-state index contributed by atoms with van der Waals surface area (Å²) in [7, 11) is 0. The second-order valence-corrected chi connectivity index (χ2v) is 6.35. The minimum atomic E-state index is -0.0530. The van der Waals surface area contributed by atoms with Crippen LogP contribution in [0.3, 0.4) is 0 Å². The summed E-state index contributed by atoms with van der Waals surface area (Å²) >= 11 is 0. The van der Waals surface area contributed by atoms with Crippen molar-refractivity contribution in [2.75, 3.05) is 31.1 Å². The van der Waals surface area contributed by atoms with Gasteiger partial charge in [0.2, 0.25) is 0 Å². The smallest absolute Gasteiger partial charge is 0.317 e. The molecule has 1 fully saturated rings. The number of hydrogen-bond acceptors (Lipinski definition) is 4. The van der Waals surface area contributed by atoms with Gasteiger partial charge in [-0.1, -0.05) is 12.1 Å². The third-order valence-electron chi connectivity index (χ3n) is 4.13. The van der Waals surface area contributed by atoms with Crippen molar-refractivity contribution in [1.82, 2.24) is 10.2 Å². The van der Waals surface area contributed by atoms with Crippen LogP contribution in [0.25, 0.3) is 0 Å². The number of nitrogens with one attached hydrogen (secondary N) is 1. The van der Waals surface area contributed by atoms with Gasteiger partial charge in [-0.05, 0) is 38.1 Å². The molecule has 1 aliphatic heterocycles. The molecule has 0 bridgehead atoms. The highest BCUT2D eigenvalue weighted by atomic mass is 16.5. The number of ether oxygens (including phenoxy) is 1. The molecule has 2 amide bonds. The largest absolute Gasteiger partial charge is 0.489 e. The number of para-hydroxylation sites is 2. The Morgan fingerprint density at radius 1 is 1.16 bits per heavy atom. The van der Waals surface area contributed by atoms with E-state index < -0.39 is 0 Å². The number of nitrogens with zero attached hydrogens (tertiary/aromatic N) is 2. The molecule has 0 saturated carbocycles. The Bertz CT molecular complexity index is 677. The molecule has 1 aromatic heterocycles. The van der Waals surface area contributed by atoms with Crippen LogP contribution in [0.4, 0.5) is 10.5 Å². The summed E-state index contributed by atoms with van der Waals surface area (Å²) in [5, 5.41) is 2.90. The second kappa shape index (κ2) is 7.96. The average molecular weight is 343 g/mol. The quantitative estimate of drug-likeness (QED) is 0.906. The maximum atomic E-state index is 12.3. The van der Waals surface area contributed by atoms with Gasteiger partial charge in [0.15, 0.2) is 0 Å². The van der Waals surface area contributed by atoms with Crippen molar-refractivity contribution in [3.8, 4) is 5.75 Å². The number of amides is 2. The lowest BCUT2D eigenvalue weighted by molar-refractivity contribution is 0.192. The van der Waals surface area contributed by atoms with Crippen LogP contribution in [-0.2, 0) is 6.54 Å². The molecule has 134 valence electrons. The first-order valence-electron chi connectivity index (χ1n) is 8.69. The van der Waals surface area contributed by atoms with Gasteiger partial charge in [0, 0.05) is 26.2 Å². The minimum absolute atomic E-state index is 0.0530. The molecule has 1 aromatic carbocycles. The van der Waals surface area contributed by atoms with Crippen LogP contribution in [0.1, 0.15) is 19.6 Å². The number of rotatable bonds is 5. The van der Waals surface area contributed by atoms with Crippen LogP contribution in [0.5, 0.6) is 5.75 Å². The third-order valence-corrected chi connectivity index (χ3v) is 4.13. The minimum Gasteiger partial charge on any atom is -0.489 e. The van der Waals surface area contributed by atoms with Gasteiger partial charge in [0.05, 0.1) is 24.6 Å². The molecule has 1 aliphatic rings. The zero-order chi connectivity index (χ0) is 17.6. The van der Waals surface area contributed by atoms with E-state index in [0.29, 0.717) is 19.6 Å². The number of furan rings is 1. The zero-order valence-corrected chi connectivity index (χ0v) is 14.8. The highest BCUT2D eigenvalue weighted by Gasteiger charge is 2.23. The summed E-state index contributed by atoms with van der Waals surface area (Å²) in [5.74, 6) is 1.65. The first-order chi connectivity index (χ1) is 12.1. The van der Waals surface area contributed by atoms with Crippen LogP contribution < -0.4 is 15.0 Å². The summed E-state index contributed by atoms with van der Waals surface area (Å²) in [6.07, 6.45) is 1.74. The monoisotopic (exact) mass is 343 g/mol. The van der Waals surface area contributed by atoms with Gasteiger partial charge >= 0.3 is 6.03 Å². The van der Waals surface area contributed by atoms with E-state index in [-0.39, 0.29) is 12.1 Å². The molecule has 0 spiro atoms. The number of hydrogen-bond donors (Lipinski definition) is 1. The summed E-state index contributed by atoms with van der Waals surface area (Å²) in [6, 6.07) is 11.7. The van der Waals surface area contributed by atoms with E-state index in [0.717, 1.165) is 30.3 Å². The number of piperazine rings is 1. The number of urea groups is 1. The van der Waals surface area contributed by atoms with Crippen molar-refractivity contribution in [3.05, 3.63) is 48.4 Å². The first kappa shape index (κ1) is 17.2. The van der Waals surface area contributed by atoms with E-state index in [1.54, 1.807) is 6.26 Å². The van der Waals surface area contributed by atoms with Crippen molar-refractivity contribution in [1.29, 1.82) is 0 Å². The fourth-order valence-corrected chi connectivity index (χ4v) is 2.91. The van der Waals surface area contributed by atoms with Crippen LogP contribution in [0.15, 0.2) is 47.1 Å². The predicted molar refractivity (Wildman–Crippen MR) is 96.9 cm³/mol. The molecule has 0 radical (unpaired) electrons. The lowest BCUT2D eigenvalue weighted by atomic mass is 10.2. The number of benzene rings is 1. The fourth-order valence-electron chi connectivity index (χ4n) is 2.91. The van der Waals surface area contributed by atoms with Crippen molar-refractivity contribution >= 4 is 11.7 Å². The standard InChI is InChI=1S/C19H25N3O3/c1-15(2)25-18-8-4-3-7-17(18)21-9-11-22(12-10-21)19(23)20-14-16-6-5-13-24-16/h3-8,13,15H,9-12,14H2,1-2H3,(H,20,23). The van der Waals surface area contributed by atoms with Crippen molar-refractivity contribution in [2.24, 2.45) is 0 Å². The zero-order valence-electron chi connectivity index (χ0n) is 14.8. The summed E-state index contributed by atoms with van der Waals surface area (Å²) in [4.78, 5) is 16.4. The molecule has 1 N–H and O–H groups in total. The number of carbonyl (C=O) groups excluding carboxylic acids is 1. The van der Waals surface area contributed by atoms with Gasteiger partial charge in [-0.3, -0.25) is 0 Å². The van der Waals surface area contributed by atoms with Gasteiger partial charge in [-0.2, -0.15) is 0 Å². The number of carbonyl (C=O) groups is 1. The molecule has 1 saturated heterocycles. The maximum absolute atomic E-state index is 12.3. The molecule has 6 nitrogen and oxygen atoms in total. The summed E-state index contributed by atoms with van der Waals surface area (Å²) in [6.45, 7) is 7.40. The molecule has 0 unspecified atom stereocenters. The van der Waals surface area contributed by atoms with Crippen LogP contribution in [0, 0.1) is 0 Å². The highest BCUT2D eigenvalue weighted by Crippen LogP contribution is 2.29. The van der Waals surface area contributed by atoms with Crippen molar-refractivity contribution < 1.29 is 13.9 Å². The Kier molecular flexibility index (Phi) is 5.48. The lowest BCUT2D eigenvalue weighted by Gasteiger charge is -2.36. The molecule has 2 aromatic rings. The third kappa shape index (κ3) is 4.47. The van der Waals surface area contributed by atoms with Crippen LogP contribution >= 0.6 is 0 Å². The molecule has 0 aliphatic carbocycles. The Hall–Kier alpha value is -2.63. The highest BCUT2D eigenvalue weighted by molar-refractivity contribution is 5.74. The lowest BCUT2D eigenvalue weighted by Crippen LogP contribution is -2.51. The predicted octanol–water partition coefficient (Wildman–Crippen LogP) is 3.10. The summed E-state index contributed by atoms with van der Waals surface area (Å²) in [5.41, 5.74) is 1.09. The molecule has 6 heteroatoms. The fraction of sp³-hybridized carbons (Fsp3) is 0.421. The number of anilines is 1. The van der Waals surface area contributed by atoms with Gasteiger partial charge in [-0.15, -0.1) is 0 Å². The molecule has 0 atom stereocenters. The van der Waals surface area contributed by atoms with Crippen molar-refractivity contribution in [3.63, 3.8) is 0 Å². The van der Waals surface area contributed by atoms with E-state index in [9.17, 15) is 4.79 Å². The SMILES string of the molecule is CC(C)Oc1ccccc1N1CCN(C(=O)NCc2ccco2)CC1. The van der Waals surface area contributed by atoms with E-state index in [1.165, 1.54) is 0 Å². The second-order valence-electron chi connectivity index (χ2n) is 6.35. The van der Waals surface area contributed by atoms with E-state index in [4.69, 9.17) is 9.15 Å². The van der Waals surface area contributed by atoms with Gasteiger partial charge in [0.1, 0.15) is 11.5 Å². The van der Waals surface area contributed by atoms with Gasteiger partial charge < -0.3 is 24.3 Å². The van der Waals surface area contributed by atoms with E-state index >= 15 is 0 Å². The molecule has 2 heterocycles. The molecule has 3 rings (SSSR count). The van der Waals surface area contributed by atoms with Crippen LogP contribution in [-0.4, -0.2) is 43.2 Å². The molecule has 25 heavy (non-hydrogen) atoms. The van der Waals surface area contributed by atoms with Gasteiger partial charge in [0.25, 0.3) is 0 Å². The van der Waals surface area contributed by atoms with Crippen molar-refractivity contribution in [2.45, 2.75) is 26.5 Å². The normalized spacial score (nSPS) is 14.7. The molecular formula is C19H25N3O3. The summed E-state index contributed by atoms with van der Waals surface area (Å²) < 4.78 is 11.1.